The zero-order valence-electron chi connectivity index (χ0n) is 15.7. The molecule has 1 aliphatic heterocycles. The first-order valence-electron chi connectivity index (χ1n) is 9.27. The molecule has 1 N–H and O–H groups in total. The number of hydrogen-bond donors (Lipinski definition) is 1. The fourth-order valence-electron chi connectivity index (χ4n) is 3.25. The lowest BCUT2D eigenvalue weighted by Crippen LogP contribution is -2.51. The number of rotatable bonds is 6. The standard InChI is InChI=1S/C21H26FN3O2/c1-27-20-8-7-18(15-19(20)22)16-24-11-13-25(14-12-24)21(26)23-10-9-17-5-3-2-4-6-17/h2-8,15H,9-14,16H2,1H3,(H,23,26). The number of carbonyl (C=O) groups is 1. The molecule has 0 bridgehead atoms. The molecular formula is C21H26FN3O2. The molecule has 6 heteroatoms. The summed E-state index contributed by atoms with van der Waals surface area (Å²) in [6, 6.07) is 15.2. The van der Waals surface area contributed by atoms with E-state index in [2.05, 4.69) is 22.3 Å². The number of amides is 2. The van der Waals surface area contributed by atoms with Crippen LogP contribution >= 0.6 is 0 Å². The first-order valence-corrected chi connectivity index (χ1v) is 9.27. The highest BCUT2D eigenvalue weighted by Crippen LogP contribution is 2.19. The van der Waals surface area contributed by atoms with Crippen LogP contribution in [0.25, 0.3) is 0 Å². The minimum Gasteiger partial charge on any atom is -0.494 e. The monoisotopic (exact) mass is 371 g/mol. The zero-order chi connectivity index (χ0) is 19.1. The second kappa shape index (κ2) is 9.37. The Bertz CT molecular complexity index is 746. The highest BCUT2D eigenvalue weighted by Gasteiger charge is 2.21. The normalized spacial score (nSPS) is 14.8. The van der Waals surface area contributed by atoms with Gasteiger partial charge in [0.25, 0.3) is 0 Å². The zero-order valence-corrected chi connectivity index (χ0v) is 15.7. The van der Waals surface area contributed by atoms with E-state index < -0.39 is 0 Å². The lowest BCUT2D eigenvalue weighted by Gasteiger charge is -2.34. The van der Waals surface area contributed by atoms with Gasteiger partial charge in [0.15, 0.2) is 11.6 Å². The minimum absolute atomic E-state index is 0.0129. The lowest BCUT2D eigenvalue weighted by molar-refractivity contribution is 0.135. The summed E-state index contributed by atoms with van der Waals surface area (Å²) in [6.07, 6.45) is 0.829. The first kappa shape index (κ1) is 19.2. The van der Waals surface area contributed by atoms with E-state index in [1.54, 1.807) is 6.07 Å². The van der Waals surface area contributed by atoms with E-state index >= 15 is 0 Å². The van der Waals surface area contributed by atoms with Crippen molar-refractivity contribution < 1.29 is 13.9 Å². The van der Waals surface area contributed by atoms with Gasteiger partial charge in [-0.15, -0.1) is 0 Å². The predicted octanol–water partition coefficient (Wildman–Crippen LogP) is 2.90. The summed E-state index contributed by atoms with van der Waals surface area (Å²) in [7, 11) is 1.46. The molecule has 0 radical (unpaired) electrons. The molecule has 3 rings (SSSR count). The van der Waals surface area contributed by atoms with Gasteiger partial charge < -0.3 is 15.0 Å². The highest BCUT2D eigenvalue weighted by molar-refractivity contribution is 5.74. The fraction of sp³-hybridized carbons (Fsp3) is 0.381. The third-order valence-electron chi connectivity index (χ3n) is 4.81. The minimum atomic E-state index is -0.341. The van der Waals surface area contributed by atoms with Crippen molar-refractivity contribution >= 4 is 6.03 Å². The third-order valence-corrected chi connectivity index (χ3v) is 4.81. The largest absolute Gasteiger partial charge is 0.494 e. The maximum Gasteiger partial charge on any atom is 0.317 e. The van der Waals surface area contributed by atoms with Gasteiger partial charge in [-0.05, 0) is 29.7 Å². The third kappa shape index (κ3) is 5.44. The molecule has 0 unspecified atom stereocenters. The molecule has 144 valence electrons. The number of nitrogens with zero attached hydrogens (tertiary/aromatic N) is 2. The van der Waals surface area contributed by atoms with Crippen LogP contribution in [0.2, 0.25) is 0 Å². The van der Waals surface area contributed by atoms with E-state index in [4.69, 9.17) is 4.74 Å². The number of benzene rings is 2. The molecule has 1 aliphatic rings. The quantitative estimate of drug-likeness (QED) is 0.849. The van der Waals surface area contributed by atoms with Crippen molar-refractivity contribution in [3.63, 3.8) is 0 Å². The van der Waals surface area contributed by atoms with E-state index in [9.17, 15) is 9.18 Å². The first-order chi connectivity index (χ1) is 13.2. The van der Waals surface area contributed by atoms with Gasteiger partial charge in [0, 0.05) is 39.3 Å². The van der Waals surface area contributed by atoms with Crippen LogP contribution in [0, 0.1) is 5.82 Å². The molecule has 0 spiro atoms. The van der Waals surface area contributed by atoms with Gasteiger partial charge in [-0.3, -0.25) is 4.90 Å². The summed E-state index contributed by atoms with van der Waals surface area (Å²) in [5, 5.41) is 2.99. The predicted molar refractivity (Wildman–Crippen MR) is 103 cm³/mol. The van der Waals surface area contributed by atoms with Crippen LogP contribution in [0.15, 0.2) is 48.5 Å². The Balaban J connectivity index is 1.40. The molecule has 1 fully saturated rings. The van der Waals surface area contributed by atoms with Crippen LogP contribution in [0.1, 0.15) is 11.1 Å². The Morgan fingerprint density at radius 2 is 1.81 bits per heavy atom. The topological polar surface area (TPSA) is 44.8 Å². The molecule has 0 aromatic heterocycles. The Morgan fingerprint density at radius 3 is 2.48 bits per heavy atom. The number of hydrogen-bond acceptors (Lipinski definition) is 3. The van der Waals surface area contributed by atoms with E-state index in [1.165, 1.54) is 18.7 Å². The molecule has 5 nitrogen and oxygen atoms in total. The van der Waals surface area contributed by atoms with Gasteiger partial charge in [0.2, 0.25) is 0 Å². The van der Waals surface area contributed by atoms with Gasteiger partial charge in [-0.25, -0.2) is 9.18 Å². The van der Waals surface area contributed by atoms with Gasteiger partial charge in [0.05, 0.1) is 7.11 Å². The van der Waals surface area contributed by atoms with Crippen LogP contribution < -0.4 is 10.1 Å². The van der Waals surface area contributed by atoms with E-state index in [0.717, 1.165) is 25.1 Å². The van der Waals surface area contributed by atoms with Gasteiger partial charge in [-0.1, -0.05) is 36.4 Å². The molecule has 2 aromatic rings. The van der Waals surface area contributed by atoms with Crippen LogP contribution in [0.4, 0.5) is 9.18 Å². The maximum atomic E-state index is 13.8. The molecular weight excluding hydrogens is 345 g/mol. The number of nitrogens with one attached hydrogen (secondary N) is 1. The Labute approximate surface area is 159 Å². The van der Waals surface area contributed by atoms with Gasteiger partial charge in [0.1, 0.15) is 0 Å². The number of ether oxygens (including phenoxy) is 1. The van der Waals surface area contributed by atoms with Gasteiger partial charge in [-0.2, -0.15) is 0 Å². The van der Waals surface area contributed by atoms with Crippen LogP contribution in [0.5, 0.6) is 5.75 Å². The highest BCUT2D eigenvalue weighted by atomic mass is 19.1. The molecule has 2 amide bonds. The van der Waals surface area contributed by atoms with Crippen molar-refractivity contribution in [2.24, 2.45) is 0 Å². The van der Waals surface area contributed by atoms with E-state index in [0.29, 0.717) is 26.2 Å². The number of urea groups is 1. The van der Waals surface area contributed by atoms with Crippen molar-refractivity contribution in [1.82, 2.24) is 15.1 Å². The molecule has 1 heterocycles. The Kier molecular flexibility index (Phi) is 6.65. The molecule has 2 aromatic carbocycles. The Hall–Kier alpha value is -2.60. The number of methoxy groups -OCH3 is 1. The van der Waals surface area contributed by atoms with Crippen molar-refractivity contribution in [3.05, 3.63) is 65.5 Å². The second-order valence-electron chi connectivity index (χ2n) is 6.70. The number of piperazine rings is 1. The molecule has 1 saturated heterocycles. The summed E-state index contributed by atoms with van der Waals surface area (Å²) in [6.45, 7) is 4.21. The Morgan fingerprint density at radius 1 is 1.07 bits per heavy atom. The fourth-order valence-corrected chi connectivity index (χ4v) is 3.25. The molecule has 0 saturated carbocycles. The molecule has 0 atom stereocenters. The molecule has 0 aliphatic carbocycles. The number of halogens is 1. The number of carbonyl (C=O) groups excluding carboxylic acids is 1. The van der Waals surface area contributed by atoms with Crippen molar-refractivity contribution in [1.29, 1.82) is 0 Å². The average Bonchev–Trinajstić information content (AvgIpc) is 2.69. The van der Waals surface area contributed by atoms with Gasteiger partial charge >= 0.3 is 6.03 Å². The summed E-state index contributed by atoms with van der Waals surface area (Å²) >= 11 is 0. The van der Waals surface area contributed by atoms with Crippen molar-refractivity contribution in [3.8, 4) is 5.75 Å². The van der Waals surface area contributed by atoms with Crippen LogP contribution in [-0.2, 0) is 13.0 Å². The maximum absolute atomic E-state index is 13.8. The summed E-state index contributed by atoms with van der Waals surface area (Å²) in [4.78, 5) is 16.4. The lowest BCUT2D eigenvalue weighted by atomic mass is 10.1. The SMILES string of the molecule is COc1ccc(CN2CCN(C(=O)NCCc3ccccc3)CC2)cc1F. The summed E-state index contributed by atoms with van der Waals surface area (Å²) < 4.78 is 18.8. The summed E-state index contributed by atoms with van der Waals surface area (Å²) in [5.74, 6) is -0.0813. The smallest absolute Gasteiger partial charge is 0.317 e. The van der Waals surface area contributed by atoms with Crippen LogP contribution in [-0.4, -0.2) is 55.7 Å². The molecule has 27 heavy (non-hydrogen) atoms. The van der Waals surface area contributed by atoms with Crippen molar-refractivity contribution in [2.45, 2.75) is 13.0 Å². The second-order valence-corrected chi connectivity index (χ2v) is 6.70. The van der Waals surface area contributed by atoms with Crippen LogP contribution in [0.3, 0.4) is 0 Å². The summed E-state index contributed by atoms with van der Waals surface area (Å²) in [5.41, 5.74) is 2.13. The average molecular weight is 371 g/mol. The van der Waals surface area contributed by atoms with E-state index in [-0.39, 0.29) is 17.6 Å². The van der Waals surface area contributed by atoms with Crippen molar-refractivity contribution in [2.75, 3.05) is 39.8 Å². The van der Waals surface area contributed by atoms with E-state index in [1.807, 2.05) is 29.2 Å².